The van der Waals surface area contributed by atoms with Crippen LogP contribution in [-0.2, 0) is 25.9 Å². The van der Waals surface area contributed by atoms with Gasteiger partial charge in [0.25, 0.3) is 0 Å². The smallest absolute Gasteiger partial charge is 0.401 e. The van der Waals surface area contributed by atoms with Gasteiger partial charge in [0.05, 0.1) is 0 Å². The van der Waals surface area contributed by atoms with Crippen molar-refractivity contribution in [2.24, 2.45) is 0 Å². The summed E-state index contributed by atoms with van der Waals surface area (Å²) in [5.41, 5.74) is 1.62. The minimum atomic E-state index is -2.72. The number of ketones is 1. The maximum atomic E-state index is 12.8. The Hall–Kier alpha value is -2.01. The van der Waals surface area contributed by atoms with Crippen LogP contribution in [0.25, 0.3) is 6.08 Å². The molecule has 3 aromatic rings. The molecule has 0 aromatic heterocycles. The molecular weight excluding hydrogens is 396 g/mol. The first-order chi connectivity index (χ1) is 12.6. The molecule has 27 heavy (non-hydrogen) atoms. The topological polar surface area (TPSA) is 35.5 Å². The molecule has 3 aromatic carbocycles. The number of hydrogen-bond donors (Lipinski definition) is 0. The second-order valence-electron chi connectivity index (χ2n) is 5.79. The monoisotopic (exact) mass is 420 g/mol. The first-order valence-corrected chi connectivity index (χ1v) is 10.7. The van der Waals surface area contributed by atoms with E-state index in [0.29, 0.717) is 10.8 Å². The summed E-state index contributed by atoms with van der Waals surface area (Å²) in [6.07, 6.45) is 1.87. The van der Waals surface area contributed by atoms with Crippen LogP contribution in [-0.4, -0.2) is 28.6 Å². The summed E-state index contributed by atoms with van der Waals surface area (Å²) in [5, 5.41) is 0.602. The van der Waals surface area contributed by atoms with Crippen molar-refractivity contribution in [1.29, 1.82) is 0 Å². The van der Waals surface area contributed by atoms with Gasteiger partial charge < -0.3 is 13.6 Å². The molecule has 3 nitrogen and oxygen atoms in total. The standard InChI is InChI=1S/C17H19O3Si.C5H5.Fe/c1-19-21(3,20-2)16(13-14-9-7-8-10-14)17(18)15-11-5-4-6-12-15;1-2-4-5-3-1;/h4-13H,1-3H3;1-5H;/q2*-1;+2. The minimum Gasteiger partial charge on any atom is -0.401 e. The summed E-state index contributed by atoms with van der Waals surface area (Å²) >= 11 is 0. The van der Waals surface area contributed by atoms with Crippen LogP contribution in [0, 0.1) is 0 Å². The van der Waals surface area contributed by atoms with Gasteiger partial charge in [-0.3, -0.25) is 0 Å². The summed E-state index contributed by atoms with van der Waals surface area (Å²) in [6, 6.07) is 27.0. The van der Waals surface area contributed by atoms with E-state index in [-0.39, 0.29) is 22.9 Å². The molecule has 3 rings (SSSR count). The van der Waals surface area contributed by atoms with Crippen molar-refractivity contribution in [1.82, 2.24) is 0 Å². The van der Waals surface area contributed by atoms with E-state index >= 15 is 0 Å². The quantitative estimate of drug-likeness (QED) is 0.244. The fourth-order valence-electron chi connectivity index (χ4n) is 2.42. The molecule has 0 atom stereocenters. The number of allylic oxidation sites excluding steroid dienone is 1. The number of Topliss-reactive ketones (excluding diaryl/α,β-unsaturated/α-hetero) is 1. The minimum absolute atomic E-state index is 0. The SMILES string of the molecule is CO[Si](C)(OC)C(=C[c-]1cccc1)C(=O)c1ccccc1.[Fe+2].c1cc[cH-]c1. The summed E-state index contributed by atoms with van der Waals surface area (Å²) in [4.78, 5) is 12.8. The van der Waals surface area contributed by atoms with E-state index in [4.69, 9.17) is 8.85 Å². The third kappa shape index (κ3) is 6.58. The van der Waals surface area contributed by atoms with Crippen molar-refractivity contribution in [2.75, 3.05) is 14.2 Å². The molecule has 0 fully saturated rings. The molecule has 0 aliphatic heterocycles. The number of hydrogen-bond acceptors (Lipinski definition) is 3. The van der Waals surface area contributed by atoms with Gasteiger partial charge in [-0.25, -0.2) is 12.1 Å². The van der Waals surface area contributed by atoms with Crippen LogP contribution in [0.2, 0.25) is 6.55 Å². The predicted octanol–water partition coefficient (Wildman–Crippen LogP) is 4.98. The number of rotatable bonds is 6. The second kappa shape index (κ2) is 11.6. The van der Waals surface area contributed by atoms with Gasteiger partial charge in [-0.05, 0) is 11.7 Å². The fraction of sp³-hybridized carbons (Fsp3) is 0.136. The van der Waals surface area contributed by atoms with Gasteiger partial charge in [0.1, 0.15) is 0 Å². The molecule has 0 unspecified atom stereocenters. The van der Waals surface area contributed by atoms with Gasteiger partial charge in [0.2, 0.25) is 0 Å². The van der Waals surface area contributed by atoms with Crippen molar-refractivity contribution < 1.29 is 30.7 Å². The summed E-state index contributed by atoms with van der Waals surface area (Å²) < 4.78 is 11.1. The van der Waals surface area contributed by atoms with Gasteiger partial charge in [0.15, 0.2) is 5.78 Å². The van der Waals surface area contributed by atoms with E-state index in [1.807, 2.05) is 85.4 Å². The Morgan fingerprint density at radius 3 is 1.96 bits per heavy atom. The maximum absolute atomic E-state index is 12.8. The first kappa shape index (κ1) is 23.0. The zero-order valence-electron chi connectivity index (χ0n) is 15.7. The molecule has 0 radical (unpaired) electrons. The van der Waals surface area contributed by atoms with Crippen LogP contribution in [0.3, 0.4) is 0 Å². The Labute approximate surface area is 173 Å². The third-order valence-corrected chi connectivity index (χ3v) is 7.01. The summed E-state index contributed by atoms with van der Waals surface area (Å²) in [7, 11) is 0.463. The molecule has 5 heteroatoms. The fourth-order valence-corrected chi connectivity index (χ4v) is 4.02. The average Bonchev–Trinajstić information content (AvgIpc) is 3.42. The Morgan fingerprint density at radius 2 is 1.52 bits per heavy atom. The first-order valence-electron chi connectivity index (χ1n) is 8.41. The largest absolute Gasteiger partial charge is 2.00 e. The molecule has 0 amide bonds. The number of carbonyl (C=O) groups is 1. The van der Waals surface area contributed by atoms with Gasteiger partial charge in [-0.2, -0.15) is 30.3 Å². The third-order valence-electron chi connectivity index (χ3n) is 4.10. The zero-order valence-corrected chi connectivity index (χ0v) is 17.8. The van der Waals surface area contributed by atoms with Crippen LogP contribution in [0.1, 0.15) is 15.9 Å². The van der Waals surface area contributed by atoms with Crippen LogP contribution < -0.4 is 0 Å². The maximum Gasteiger partial charge on any atom is 2.00 e. The molecular formula is C22H24FeO3Si. The molecule has 0 saturated carbocycles. The van der Waals surface area contributed by atoms with Crippen molar-refractivity contribution in [3.8, 4) is 0 Å². The zero-order chi connectivity index (χ0) is 18.8. The van der Waals surface area contributed by atoms with E-state index in [1.54, 1.807) is 26.4 Å². The molecule has 0 bridgehead atoms. The number of carbonyl (C=O) groups excluding carboxylic acids is 1. The molecule has 0 heterocycles. The molecule has 142 valence electrons. The van der Waals surface area contributed by atoms with Crippen LogP contribution in [0.5, 0.6) is 0 Å². The Kier molecular flexibility index (Phi) is 9.93. The van der Waals surface area contributed by atoms with Crippen molar-refractivity contribution >= 4 is 20.4 Å². The van der Waals surface area contributed by atoms with Gasteiger partial charge in [0, 0.05) is 19.8 Å². The van der Waals surface area contributed by atoms with E-state index in [1.165, 1.54) is 0 Å². The van der Waals surface area contributed by atoms with Crippen LogP contribution in [0.15, 0.2) is 90.1 Å². The van der Waals surface area contributed by atoms with Crippen molar-refractivity contribution in [3.05, 3.63) is 101 Å². The molecule has 0 aliphatic rings. The molecule has 0 N–H and O–H groups in total. The molecule has 0 saturated heterocycles. The molecule has 0 aliphatic carbocycles. The van der Waals surface area contributed by atoms with E-state index in [9.17, 15) is 4.79 Å². The van der Waals surface area contributed by atoms with Gasteiger partial charge in [-0.1, -0.05) is 30.3 Å². The predicted molar refractivity (Wildman–Crippen MR) is 108 cm³/mol. The van der Waals surface area contributed by atoms with Crippen molar-refractivity contribution in [3.63, 3.8) is 0 Å². The second-order valence-corrected chi connectivity index (χ2v) is 9.03. The summed E-state index contributed by atoms with van der Waals surface area (Å²) in [6.45, 7) is 1.88. The van der Waals surface area contributed by atoms with Crippen molar-refractivity contribution in [2.45, 2.75) is 6.55 Å². The Balaban J connectivity index is 0.000000526. The van der Waals surface area contributed by atoms with Crippen LogP contribution in [0.4, 0.5) is 0 Å². The average molecular weight is 420 g/mol. The van der Waals surface area contributed by atoms with E-state index < -0.39 is 8.56 Å². The normalized spacial score (nSPS) is 11.1. The van der Waals surface area contributed by atoms with Gasteiger partial charge in [-0.15, -0.1) is 23.8 Å². The number of benzene rings is 1. The Morgan fingerprint density at radius 1 is 0.963 bits per heavy atom. The molecule has 0 spiro atoms. The van der Waals surface area contributed by atoms with Crippen LogP contribution >= 0.6 is 0 Å². The van der Waals surface area contributed by atoms with E-state index in [0.717, 1.165) is 5.56 Å². The Bertz CT molecular complexity index is 772. The van der Waals surface area contributed by atoms with Gasteiger partial charge >= 0.3 is 25.6 Å². The summed E-state index contributed by atoms with van der Waals surface area (Å²) in [5.74, 6) is -0.0466. The van der Waals surface area contributed by atoms with E-state index in [2.05, 4.69) is 0 Å².